The summed E-state index contributed by atoms with van der Waals surface area (Å²) >= 11 is 0.881. The average Bonchev–Trinajstić information content (AvgIpc) is 3.26. The number of nitrogens with zero attached hydrogens (tertiary/aromatic N) is 2. The highest BCUT2D eigenvalue weighted by Crippen LogP contribution is 2.21. The van der Waals surface area contributed by atoms with E-state index < -0.39 is 21.8 Å². The normalized spacial score (nSPS) is 11.0. The minimum absolute atomic E-state index is 0.0452. The van der Waals surface area contributed by atoms with Crippen molar-refractivity contribution in [3.05, 3.63) is 54.0 Å². The number of carbonyl (C=O) groups excluding carboxylic acids is 2. The third-order valence-corrected chi connectivity index (χ3v) is 4.52. The molecule has 1 aromatic carbocycles. The predicted octanol–water partition coefficient (Wildman–Crippen LogP) is 2.01. The number of hydrogen-bond acceptors (Lipinski definition) is 8. The lowest BCUT2D eigenvalue weighted by Gasteiger charge is -2.05. The molecule has 3 rings (SSSR count). The van der Waals surface area contributed by atoms with Gasteiger partial charge in [0, 0.05) is 11.3 Å². The number of aromatic nitrogens is 2. The Kier molecular flexibility index (Phi) is 5.19. The summed E-state index contributed by atoms with van der Waals surface area (Å²) in [6, 6.07) is 9.30. The van der Waals surface area contributed by atoms with Gasteiger partial charge in [-0.2, -0.15) is 0 Å². The third kappa shape index (κ3) is 5.12. The molecular formula is C15H13N5O5S2. The van der Waals surface area contributed by atoms with Crippen LogP contribution in [0.25, 0.3) is 0 Å². The van der Waals surface area contributed by atoms with Crippen LogP contribution in [0.1, 0.15) is 20.9 Å². The molecule has 0 unspecified atom stereocenters. The van der Waals surface area contributed by atoms with Gasteiger partial charge < -0.3 is 9.73 Å². The Morgan fingerprint density at radius 1 is 1.00 bits per heavy atom. The lowest BCUT2D eigenvalue weighted by molar-refractivity contribution is 0.0995. The zero-order valence-corrected chi connectivity index (χ0v) is 15.4. The first kappa shape index (κ1) is 18.5. The molecule has 0 saturated carbocycles. The number of nitrogens with one attached hydrogen (secondary N) is 3. The molecule has 2 aromatic heterocycles. The van der Waals surface area contributed by atoms with Crippen molar-refractivity contribution in [3.63, 3.8) is 0 Å². The van der Waals surface area contributed by atoms with Gasteiger partial charge in [0.05, 0.1) is 12.5 Å². The summed E-state index contributed by atoms with van der Waals surface area (Å²) in [5, 5.41) is 12.7. The fourth-order valence-electron chi connectivity index (χ4n) is 1.95. The number of furan rings is 1. The van der Waals surface area contributed by atoms with E-state index >= 15 is 0 Å². The third-order valence-electron chi connectivity index (χ3n) is 3.07. The van der Waals surface area contributed by atoms with Crippen LogP contribution in [-0.4, -0.2) is 36.7 Å². The first-order valence-corrected chi connectivity index (χ1v) is 10.1. The summed E-state index contributed by atoms with van der Waals surface area (Å²) in [4.78, 5) is 24.1. The average molecular weight is 407 g/mol. The van der Waals surface area contributed by atoms with Crippen molar-refractivity contribution in [3.8, 4) is 0 Å². The van der Waals surface area contributed by atoms with E-state index in [9.17, 15) is 18.0 Å². The Hall–Kier alpha value is -3.25. The van der Waals surface area contributed by atoms with E-state index in [1.54, 1.807) is 18.2 Å². The van der Waals surface area contributed by atoms with Crippen molar-refractivity contribution in [1.82, 2.24) is 10.2 Å². The molecule has 0 aliphatic heterocycles. The van der Waals surface area contributed by atoms with Gasteiger partial charge in [-0.05, 0) is 36.4 Å². The molecule has 10 nitrogen and oxygen atoms in total. The van der Waals surface area contributed by atoms with Crippen LogP contribution in [-0.2, 0) is 10.0 Å². The van der Waals surface area contributed by atoms with Crippen LogP contribution in [0, 0.1) is 0 Å². The Bertz CT molecular complexity index is 1060. The Balaban J connectivity index is 1.61. The second-order valence-electron chi connectivity index (χ2n) is 5.25. The monoisotopic (exact) mass is 407 g/mol. The molecule has 2 amide bonds. The Labute approximate surface area is 157 Å². The molecule has 0 radical (unpaired) electrons. The number of amides is 2. The van der Waals surface area contributed by atoms with Crippen molar-refractivity contribution in [1.29, 1.82) is 0 Å². The fourth-order valence-corrected chi connectivity index (χ4v) is 3.42. The van der Waals surface area contributed by atoms with Gasteiger partial charge in [-0.25, -0.2) is 8.42 Å². The van der Waals surface area contributed by atoms with E-state index in [0.29, 0.717) is 11.3 Å². The minimum atomic E-state index is -3.47. The molecule has 3 N–H and O–H groups in total. The number of benzene rings is 1. The van der Waals surface area contributed by atoms with Gasteiger partial charge in [-0.3, -0.25) is 19.6 Å². The minimum Gasteiger partial charge on any atom is -0.459 e. The Morgan fingerprint density at radius 2 is 1.70 bits per heavy atom. The summed E-state index contributed by atoms with van der Waals surface area (Å²) in [5.74, 6) is -0.690. The summed E-state index contributed by atoms with van der Waals surface area (Å²) in [5.41, 5.74) is 0.808. The van der Waals surface area contributed by atoms with Crippen LogP contribution < -0.4 is 15.4 Å². The molecule has 0 aliphatic rings. The molecule has 27 heavy (non-hydrogen) atoms. The second-order valence-corrected chi connectivity index (χ2v) is 7.98. The molecular weight excluding hydrogens is 394 g/mol. The zero-order chi connectivity index (χ0) is 19.4. The van der Waals surface area contributed by atoms with E-state index in [0.717, 1.165) is 17.6 Å². The molecule has 0 aliphatic carbocycles. The van der Waals surface area contributed by atoms with Crippen LogP contribution in [0.15, 0.2) is 47.1 Å². The van der Waals surface area contributed by atoms with Crippen LogP contribution >= 0.6 is 11.3 Å². The quantitative estimate of drug-likeness (QED) is 0.567. The van der Waals surface area contributed by atoms with E-state index in [4.69, 9.17) is 4.42 Å². The van der Waals surface area contributed by atoms with Crippen LogP contribution in [0.4, 0.5) is 16.0 Å². The highest BCUT2D eigenvalue weighted by Gasteiger charge is 2.13. The summed E-state index contributed by atoms with van der Waals surface area (Å²) in [6.45, 7) is 0. The number of rotatable bonds is 6. The SMILES string of the molecule is CS(=O)(=O)Nc1nnc(NC(=O)c2ccc(NC(=O)c3ccco3)cc2)s1. The molecule has 3 aromatic rings. The van der Waals surface area contributed by atoms with Crippen molar-refractivity contribution < 1.29 is 22.4 Å². The molecule has 0 fully saturated rings. The van der Waals surface area contributed by atoms with Gasteiger partial charge in [-0.15, -0.1) is 10.2 Å². The largest absolute Gasteiger partial charge is 0.459 e. The Morgan fingerprint density at radius 3 is 2.33 bits per heavy atom. The van der Waals surface area contributed by atoms with Gasteiger partial charge in [-0.1, -0.05) is 11.3 Å². The van der Waals surface area contributed by atoms with Crippen molar-refractivity contribution >= 4 is 49.1 Å². The molecule has 0 spiro atoms. The number of hydrogen-bond donors (Lipinski definition) is 3. The summed E-state index contributed by atoms with van der Waals surface area (Å²) in [6.07, 6.45) is 2.38. The van der Waals surface area contributed by atoms with Gasteiger partial charge in [0.2, 0.25) is 20.3 Å². The number of anilines is 3. The molecule has 12 heteroatoms. The lowest BCUT2D eigenvalue weighted by Crippen LogP contribution is -2.13. The smallest absolute Gasteiger partial charge is 0.291 e. The first-order valence-electron chi connectivity index (χ1n) is 7.38. The van der Waals surface area contributed by atoms with Gasteiger partial charge >= 0.3 is 0 Å². The summed E-state index contributed by atoms with van der Waals surface area (Å²) < 4.78 is 29.5. The van der Waals surface area contributed by atoms with Gasteiger partial charge in [0.25, 0.3) is 11.8 Å². The maximum absolute atomic E-state index is 12.2. The van der Waals surface area contributed by atoms with Crippen LogP contribution in [0.2, 0.25) is 0 Å². The summed E-state index contributed by atoms with van der Waals surface area (Å²) in [7, 11) is -3.47. The zero-order valence-electron chi connectivity index (χ0n) is 13.8. The number of sulfonamides is 1. The molecule has 2 heterocycles. The van der Waals surface area contributed by atoms with Gasteiger partial charge in [0.1, 0.15) is 0 Å². The van der Waals surface area contributed by atoms with E-state index in [1.165, 1.54) is 24.5 Å². The second kappa shape index (κ2) is 7.55. The topological polar surface area (TPSA) is 143 Å². The van der Waals surface area contributed by atoms with Gasteiger partial charge in [0.15, 0.2) is 5.76 Å². The molecule has 0 saturated heterocycles. The molecule has 140 valence electrons. The van der Waals surface area contributed by atoms with E-state index in [1.807, 2.05) is 0 Å². The highest BCUT2D eigenvalue weighted by atomic mass is 32.2. The maximum atomic E-state index is 12.2. The highest BCUT2D eigenvalue weighted by molar-refractivity contribution is 7.92. The van der Waals surface area contributed by atoms with E-state index in [2.05, 4.69) is 25.6 Å². The molecule has 0 atom stereocenters. The van der Waals surface area contributed by atoms with Crippen molar-refractivity contribution in [2.24, 2.45) is 0 Å². The van der Waals surface area contributed by atoms with Crippen molar-refractivity contribution in [2.45, 2.75) is 0 Å². The first-order chi connectivity index (χ1) is 12.8. The molecule has 0 bridgehead atoms. The number of carbonyl (C=O) groups is 2. The maximum Gasteiger partial charge on any atom is 0.291 e. The van der Waals surface area contributed by atoms with Crippen LogP contribution in [0.5, 0.6) is 0 Å². The lowest BCUT2D eigenvalue weighted by atomic mass is 10.2. The predicted molar refractivity (Wildman–Crippen MR) is 99.4 cm³/mol. The fraction of sp³-hybridized carbons (Fsp3) is 0.0667. The van der Waals surface area contributed by atoms with Crippen molar-refractivity contribution in [2.75, 3.05) is 21.6 Å². The van der Waals surface area contributed by atoms with Crippen LogP contribution in [0.3, 0.4) is 0 Å². The van der Waals surface area contributed by atoms with E-state index in [-0.39, 0.29) is 16.0 Å². The standard InChI is InChI=1S/C15H13N5O5S2/c1-27(23,24)20-15-19-18-14(26-15)17-12(21)9-4-6-10(7-5-9)16-13(22)11-3-2-8-25-11/h2-8H,1H3,(H,16,22)(H,19,20)(H,17,18,21).